The largest absolute Gasteiger partial charge is 0.393 e. The Morgan fingerprint density at radius 1 is 1.25 bits per heavy atom. The van der Waals surface area contributed by atoms with Crippen LogP contribution in [0.4, 0.5) is 0 Å². The van der Waals surface area contributed by atoms with Crippen LogP contribution in [0, 0.1) is 0 Å². The Balaban J connectivity index is 1.83. The van der Waals surface area contributed by atoms with Crippen LogP contribution in [0.15, 0.2) is 24.3 Å². The number of thiocarbonyl (C=S) groups is 1. The first kappa shape index (κ1) is 14.9. The summed E-state index contributed by atoms with van der Waals surface area (Å²) in [7, 11) is 0. The summed E-state index contributed by atoms with van der Waals surface area (Å²) in [4.78, 5) is 12.3. The summed E-state index contributed by atoms with van der Waals surface area (Å²) in [6, 6.07) is 7.61. The molecule has 0 aromatic heterocycles. The maximum Gasteiger partial charge on any atom is 0.224 e. The Kier molecular flexibility index (Phi) is 5.09. The number of hydrogen-bond acceptors (Lipinski definition) is 3. The lowest BCUT2D eigenvalue weighted by Crippen LogP contribution is -2.39. The minimum absolute atomic E-state index is 0.0227. The number of aliphatic hydroxyl groups is 1. The minimum Gasteiger partial charge on any atom is -0.393 e. The standard InChI is InChI=1S/C15H20N2O2S/c16-15(20)11-3-1-10(2-4-11)9-14(19)17-12-5-7-13(18)8-6-12/h1-4,12-13,18H,5-9H2,(H2,16,20)(H,17,19). The molecule has 0 atom stereocenters. The highest BCUT2D eigenvalue weighted by Gasteiger charge is 2.20. The van der Waals surface area contributed by atoms with Gasteiger partial charge in [-0.1, -0.05) is 36.5 Å². The highest BCUT2D eigenvalue weighted by atomic mass is 32.1. The Hall–Kier alpha value is -1.46. The Labute approximate surface area is 124 Å². The second-order valence-corrected chi connectivity index (χ2v) is 5.75. The van der Waals surface area contributed by atoms with E-state index in [-0.39, 0.29) is 18.1 Å². The Morgan fingerprint density at radius 2 is 1.85 bits per heavy atom. The van der Waals surface area contributed by atoms with Gasteiger partial charge in [0.1, 0.15) is 4.99 Å². The molecule has 0 bridgehead atoms. The number of hydrogen-bond donors (Lipinski definition) is 3. The lowest BCUT2D eigenvalue weighted by molar-refractivity contribution is -0.121. The van der Waals surface area contributed by atoms with Crippen LogP contribution in [0.25, 0.3) is 0 Å². The zero-order chi connectivity index (χ0) is 14.5. The maximum absolute atomic E-state index is 12.0. The SMILES string of the molecule is NC(=S)c1ccc(CC(=O)NC2CCC(O)CC2)cc1. The van der Waals surface area contributed by atoms with Gasteiger partial charge in [-0.15, -0.1) is 0 Å². The predicted molar refractivity (Wildman–Crippen MR) is 82.4 cm³/mol. The molecular weight excluding hydrogens is 272 g/mol. The molecule has 1 amide bonds. The predicted octanol–water partition coefficient (Wildman–Crippen LogP) is 1.28. The molecule has 1 fully saturated rings. The lowest BCUT2D eigenvalue weighted by Gasteiger charge is -2.26. The van der Waals surface area contributed by atoms with Gasteiger partial charge in [-0.05, 0) is 31.2 Å². The van der Waals surface area contributed by atoms with Crippen LogP contribution in [-0.2, 0) is 11.2 Å². The topological polar surface area (TPSA) is 75.4 Å². The molecule has 5 heteroatoms. The molecular formula is C15H20N2O2S. The van der Waals surface area contributed by atoms with Gasteiger partial charge in [0.15, 0.2) is 0 Å². The molecule has 0 saturated heterocycles. The van der Waals surface area contributed by atoms with Gasteiger partial charge < -0.3 is 16.2 Å². The average Bonchev–Trinajstić information content (AvgIpc) is 2.42. The molecule has 1 saturated carbocycles. The van der Waals surface area contributed by atoms with Crippen molar-refractivity contribution >= 4 is 23.1 Å². The van der Waals surface area contributed by atoms with E-state index in [0.29, 0.717) is 11.4 Å². The molecule has 0 radical (unpaired) electrons. The van der Waals surface area contributed by atoms with E-state index in [4.69, 9.17) is 18.0 Å². The summed E-state index contributed by atoms with van der Waals surface area (Å²) in [5.74, 6) is 0.0227. The molecule has 2 rings (SSSR count). The summed E-state index contributed by atoms with van der Waals surface area (Å²) < 4.78 is 0. The smallest absolute Gasteiger partial charge is 0.224 e. The van der Waals surface area contributed by atoms with Crippen LogP contribution >= 0.6 is 12.2 Å². The van der Waals surface area contributed by atoms with E-state index in [2.05, 4.69) is 5.32 Å². The van der Waals surface area contributed by atoms with E-state index in [9.17, 15) is 9.90 Å². The van der Waals surface area contributed by atoms with Crippen molar-refractivity contribution in [3.8, 4) is 0 Å². The lowest BCUT2D eigenvalue weighted by atomic mass is 9.93. The summed E-state index contributed by atoms with van der Waals surface area (Å²) in [5.41, 5.74) is 7.29. The summed E-state index contributed by atoms with van der Waals surface area (Å²) in [6.45, 7) is 0. The molecule has 4 nitrogen and oxygen atoms in total. The second kappa shape index (κ2) is 6.81. The third kappa shape index (κ3) is 4.28. The van der Waals surface area contributed by atoms with Crippen molar-refractivity contribution in [2.45, 2.75) is 44.2 Å². The second-order valence-electron chi connectivity index (χ2n) is 5.31. The number of nitrogens with two attached hydrogens (primary N) is 1. The van der Waals surface area contributed by atoms with E-state index in [1.54, 1.807) is 0 Å². The first-order valence-electron chi connectivity index (χ1n) is 6.91. The van der Waals surface area contributed by atoms with Crippen molar-refractivity contribution in [2.75, 3.05) is 0 Å². The van der Waals surface area contributed by atoms with Gasteiger partial charge in [0.25, 0.3) is 0 Å². The van der Waals surface area contributed by atoms with Gasteiger partial charge in [0.2, 0.25) is 5.91 Å². The van der Waals surface area contributed by atoms with Gasteiger partial charge in [-0.2, -0.15) is 0 Å². The van der Waals surface area contributed by atoms with E-state index >= 15 is 0 Å². The third-order valence-corrected chi connectivity index (χ3v) is 3.90. The van der Waals surface area contributed by atoms with Crippen molar-refractivity contribution in [3.63, 3.8) is 0 Å². The minimum atomic E-state index is -0.198. The molecule has 1 aromatic rings. The fraction of sp³-hybridized carbons (Fsp3) is 0.467. The Morgan fingerprint density at radius 3 is 2.40 bits per heavy atom. The fourth-order valence-corrected chi connectivity index (χ4v) is 2.61. The molecule has 0 spiro atoms. The third-order valence-electron chi connectivity index (χ3n) is 3.66. The highest BCUT2D eigenvalue weighted by Crippen LogP contribution is 2.18. The quantitative estimate of drug-likeness (QED) is 0.731. The van der Waals surface area contributed by atoms with Crippen LogP contribution in [0.5, 0.6) is 0 Å². The van der Waals surface area contributed by atoms with Crippen LogP contribution < -0.4 is 11.1 Å². The van der Waals surface area contributed by atoms with E-state index in [1.807, 2.05) is 24.3 Å². The number of benzene rings is 1. The number of carbonyl (C=O) groups is 1. The zero-order valence-corrected chi connectivity index (χ0v) is 12.2. The van der Waals surface area contributed by atoms with Crippen LogP contribution in [0.3, 0.4) is 0 Å². The normalized spacial score (nSPS) is 22.2. The first-order chi connectivity index (χ1) is 9.54. The van der Waals surface area contributed by atoms with E-state index in [1.165, 1.54) is 0 Å². The monoisotopic (exact) mass is 292 g/mol. The molecule has 0 aliphatic heterocycles. The van der Waals surface area contributed by atoms with Crippen molar-refractivity contribution in [2.24, 2.45) is 5.73 Å². The molecule has 1 aromatic carbocycles. The maximum atomic E-state index is 12.0. The summed E-state index contributed by atoms with van der Waals surface area (Å²) in [5, 5.41) is 12.5. The van der Waals surface area contributed by atoms with Gasteiger partial charge in [-0.3, -0.25) is 4.79 Å². The van der Waals surface area contributed by atoms with Crippen molar-refractivity contribution in [3.05, 3.63) is 35.4 Å². The Bertz CT molecular complexity index is 479. The van der Waals surface area contributed by atoms with Crippen LogP contribution in [-0.4, -0.2) is 28.1 Å². The molecule has 0 heterocycles. The number of rotatable bonds is 4. The number of carbonyl (C=O) groups excluding carboxylic acids is 1. The summed E-state index contributed by atoms with van der Waals surface area (Å²) in [6.07, 6.45) is 3.41. The van der Waals surface area contributed by atoms with Crippen molar-refractivity contribution in [1.29, 1.82) is 0 Å². The summed E-state index contributed by atoms with van der Waals surface area (Å²) >= 11 is 4.89. The van der Waals surface area contributed by atoms with Gasteiger partial charge in [0, 0.05) is 11.6 Å². The molecule has 1 aliphatic rings. The van der Waals surface area contributed by atoms with Gasteiger partial charge in [0.05, 0.1) is 12.5 Å². The molecule has 4 N–H and O–H groups in total. The number of amides is 1. The number of aliphatic hydroxyl groups excluding tert-OH is 1. The van der Waals surface area contributed by atoms with Crippen LogP contribution in [0.1, 0.15) is 36.8 Å². The fourth-order valence-electron chi connectivity index (χ4n) is 2.47. The van der Waals surface area contributed by atoms with E-state index < -0.39 is 0 Å². The van der Waals surface area contributed by atoms with Gasteiger partial charge >= 0.3 is 0 Å². The zero-order valence-electron chi connectivity index (χ0n) is 11.3. The molecule has 0 unspecified atom stereocenters. The highest BCUT2D eigenvalue weighted by molar-refractivity contribution is 7.80. The first-order valence-corrected chi connectivity index (χ1v) is 7.31. The number of nitrogens with one attached hydrogen (secondary N) is 1. The van der Waals surface area contributed by atoms with E-state index in [0.717, 1.165) is 36.8 Å². The molecule has 1 aliphatic carbocycles. The van der Waals surface area contributed by atoms with Crippen molar-refractivity contribution in [1.82, 2.24) is 5.32 Å². The van der Waals surface area contributed by atoms with Crippen molar-refractivity contribution < 1.29 is 9.90 Å². The average molecular weight is 292 g/mol. The van der Waals surface area contributed by atoms with Crippen LogP contribution in [0.2, 0.25) is 0 Å². The molecule has 20 heavy (non-hydrogen) atoms. The molecule has 108 valence electrons. The van der Waals surface area contributed by atoms with Gasteiger partial charge in [-0.25, -0.2) is 0 Å².